The molecule has 0 aliphatic heterocycles. The number of anilines is 1. The SMILES string of the molecule is CNc1ccc(Oc2cc(Cl)cc(/C=C/C#N)c2)c(O)c1. The number of hydrogen-bond acceptors (Lipinski definition) is 4. The number of allylic oxidation sites excluding steroid dienone is 1. The molecule has 21 heavy (non-hydrogen) atoms. The van der Waals surface area contributed by atoms with Gasteiger partial charge in [0.15, 0.2) is 11.5 Å². The van der Waals surface area contributed by atoms with Crippen LogP contribution < -0.4 is 10.1 Å². The zero-order chi connectivity index (χ0) is 15.2. The van der Waals surface area contributed by atoms with Gasteiger partial charge in [0, 0.05) is 29.9 Å². The number of nitriles is 1. The molecule has 0 aromatic heterocycles. The lowest BCUT2D eigenvalue weighted by Crippen LogP contribution is -1.90. The zero-order valence-corrected chi connectivity index (χ0v) is 12.1. The van der Waals surface area contributed by atoms with E-state index in [0.29, 0.717) is 16.5 Å². The van der Waals surface area contributed by atoms with Crippen molar-refractivity contribution in [2.24, 2.45) is 0 Å². The molecule has 0 saturated heterocycles. The van der Waals surface area contributed by atoms with Gasteiger partial charge in [-0.3, -0.25) is 0 Å². The molecule has 0 saturated carbocycles. The number of ether oxygens (including phenoxy) is 1. The second-order valence-electron chi connectivity index (χ2n) is 4.22. The lowest BCUT2D eigenvalue weighted by atomic mass is 10.2. The Morgan fingerprint density at radius 1 is 1.29 bits per heavy atom. The van der Waals surface area contributed by atoms with Crippen LogP contribution in [0.4, 0.5) is 5.69 Å². The van der Waals surface area contributed by atoms with Gasteiger partial charge >= 0.3 is 0 Å². The molecule has 2 rings (SSSR count). The Labute approximate surface area is 127 Å². The number of halogens is 1. The van der Waals surface area contributed by atoms with E-state index in [4.69, 9.17) is 21.6 Å². The number of hydrogen-bond donors (Lipinski definition) is 2. The third-order valence-electron chi connectivity index (χ3n) is 2.72. The summed E-state index contributed by atoms with van der Waals surface area (Å²) in [5.41, 5.74) is 1.52. The summed E-state index contributed by atoms with van der Waals surface area (Å²) in [6, 6.07) is 12.0. The lowest BCUT2D eigenvalue weighted by molar-refractivity contribution is 0.411. The van der Waals surface area contributed by atoms with Crippen LogP contribution >= 0.6 is 11.6 Å². The molecule has 0 bridgehead atoms. The van der Waals surface area contributed by atoms with Gasteiger partial charge in [-0.2, -0.15) is 5.26 Å². The topological polar surface area (TPSA) is 65.3 Å². The van der Waals surface area contributed by atoms with Gasteiger partial charge in [0.2, 0.25) is 0 Å². The standard InChI is InChI=1S/C16H13ClN2O2/c1-19-13-4-5-16(15(20)10-13)21-14-8-11(3-2-6-18)7-12(17)9-14/h2-5,7-10,19-20H,1H3/b3-2+. The Balaban J connectivity index is 2.29. The molecule has 2 aromatic rings. The number of phenolic OH excluding ortho intramolecular Hbond substituents is 1. The van der Waals surface area contributed by atoms with Gasteiger partial charge in [-0.1, -0.05) is 11.6 Å². The largest absolute Gasteiger partial charge is 0.504 e. The highest BCUT2D eigenvalue weighted by molar-refractivity contribution is 6.30. The summed E-state index contributed by atoms with van der Waals surface area (Å²) in [7, 11) is 1.76. The summed E-state index contributed by atoms with van der Waals surface area (Å²) in [4.78, 5) is 0. The first-order chi connectivity index (χ1) is 10.1. The molecule has 4 nitrogen and oxygen atoms in total. The predicted octanol–water partition coefficient (Wildman–Crippen LogP) is 4.42. The Morgan fingerprint density at radius 2 is 2.10 bits per heavy atom. The average molecular weight is 301 g/mol. The fraction of sp³-hybridized carbons (Fsp3) is 0.0625. The predicted molar refractivity (Wildman–Crippen MR) is 83.8 cm³/mol. The molecule has 0 fully saturated rings. The van der Waals surface area contributed by atoms with Gasteiger partial charge in [0.1, 0.15) is 5.75 Å². The second-order valence-corrected chi connectivity index (χ2v) is 4.65. The number of nitrogens with zero attached hydrogens (tertiary/aromatic N) is 1. The first-order valence-corrected chi connectivity index (χ1v) is 6.55. The van der Waals surface area contributed by atoms with Crippen LogP contribution in [0.15, 0.2) is 42.5 Å². The second kappa shape index (κ2) is 6.69. The van der Waals surface area contributed by atoms with E-state index >= 15 is 0 Å². The molecule has 0 spiro atoms. The summed E-state index contributed by atoms with van der Waals surface area (Å²) < 4.78 is 5.63. The van der Waals surface area contributed by atoms with Crippen molar-refractivity contribution < 1.29 is 9.84 Å². The van der Waals surface area contributed by atoms with E-state index in [1.54, 1.807) is 49.5 Å². The van der Waals surface area contributed by atoms with Crippen LogP contribution in [0.1, 0.15) is 5.56 Å². The zero-order valence-electron chi connectivity index (χ0n) is 11.3. The van der Waals surface area contributed by atoms with E-state index in [-0.39, 0.29) is 5.75 Å². The van der Waals surface area contributed by atoms with E-state index in [1.165, 1.54) is 6.08 Å². The Kier molecular flexibility index (Phi) is 4.70. The monoisotopic (exact) mass is 300 g/mol. The maximum absolute atomic E-state index is 9.91. The molecule has 106 valence electrons. The first-order valence-electron chi connectivity index (χ1n) is 6.18. The number of rotatable bonds is 4. The van der Waals surface area contributed by atoms with Gasteiger partial charge in [0.25, 0.3) is 0 Å². The van der Waals surface area contributed by atoms with Crippen molar-refractivity contribution >= 4 is 23.4 Å². The summed E-state index contributed by atoms with van der Waals surface area (Å²) in [5.74, 6) is 0.829. The Bertz CT molecular complexity index is 721. The maximum Gasteiger partial charge on any atom is 0.169 e. The molecule has 5 heteroatoms. The molecule has 0 aliphatic rings. The minimum atomic E-state index is 0.0240. The Morgan fingerprint density at radius 3 is 2.76 bits per heavy atom. The van der Waals surface area contributed by atoms with Crippen molar-refractivity contribution in [2.45, 2.75) is 0 Å². The summed E-state index contributed by atoms with van der Waals surface area (Å²) in [5, 5.41) is 21.9. The number of nitrogens with one attached hydrogen (secondary N) is 1. The van der Waals surface area contributed by atoms with Gasteiger partial charge in [-0.25, -0.2) is 0 Å². The van der Waals surface area contributed by atoms with E-state index in [2.05, 4.69) is 5.32 Å². The minimum Gasteiger partial charge on any atom is -0.504 e. The minimum absolute atomic E-state index is 0.0240. The van der Waals surface area contributed by atoms with Crippen molar-refractivity contribution in [3.05, 3.63) is 53.1 Å². The van der Waals surface area contributed by atoms with Gasteiger partial charge < -0.3 is 15.2 Å². The van der Waals surface area contributed by atoms with Crippen molar-refractivity contribution in [3.8, 4) is 23.3 Å². The molecule has 0 amide bonds. The van der Waals surface area contributed by atoms with Crippen molar-refractivity contribution in [2.75, 3.05) is 12.4 Å². The highest BCUT2D eigenvalue weighted by Crippen LogP contribution is 2.34. The Hall–Kier alpha value is -2.64. The first kappa shape index (κ1) is 14.8. The number of aromatic hydroxyl groups is 1. The smallest absolute Gasteiger partial charge is 0.169 e. The third kappa shape index (κ3) is 3.91. The number of phenols is 1. The molecule has 0 aliphatic carbocycles. The molecule has 0 atom stereocenters. The summed E-state index contributed by atoms with van der Waals surface area (Å²) >= 11 is 6.01. The highest BCUT2D eigenvalue weighted by atomic mass is 35.5. The van der Waals surface area contributed by atoms with Crippen LogP contribution in [0.3, 0.4) is 0 Å². The fourth-order valence-electron chi connectivity index (χ4n) is 1.76. The summed E-state index contributed by atoms with van der Waals surface area (Å²) in [6.45, 7) is 0. The van der Waals surface area contributed by atoms with Crippen LogP contribution in [0.2, 0.25) is 5.02 Å². The third-order valence-corrected chi connectivity index (χ3v) is 2.94. The molecular formula is C16H13ClN2O2. The van der Waals surface area contributed by atoms with Gasteiger partial charge in [0.05, 0.1) is 6.07 Å². The number of benzene rings is 2. The molecule has 2 aromatic carbocycles. The van der Waals surface area contributed by atoms with Crippen LogP contribution in [-0.2, 0) is 0 Å². The van der Waals surface area contributed by atoms with Crippen molar-refractivity contribution in [3.63, 3.8) is 0 Å². The van der Waals surface area contributed by atoms with E-state index < -0.39 is 0 Å². The van der Waals surface area contributed by atoms with Crippen LogP contribution in [0.5, 0.6) is 17.2 Å². The van der Waals surface area contributed by atoms with E-state index in [0.717, 1.165) is 11.3 Å². The van der Waals surface area contributed by atoms with Crippen LogP contribution in [0, 0.1) is 11.3 Å². The molecule has 0 heterocycles. The van der Waals surface area contributed by atoms with E-state index in [9.17, 15) is 5.11 Å². The van der Waals surface area contributed by atoms with Crippen LogP contribution in [-0.4, -0.2) is 12.2 Å². The quantitative estimate of drug-likeness (QED) is 0.821. The normalized spacial score (nSPS) is 10.3. The molecule has 0 radical (unpaired) electrons. The van der Waals surface area contributed by atoms with E-state index in [1.807, 2.05) is 6.07 Å². The van der Waals surface area contributed by atoms with Crippen molar-refractivity contribution in [1.82, 2.24) is 0 Å². The van der Waals surface area contributed by atoms with Crippen molar-refractivity contribution in [1.29, 1.82) is 5.26 Å². The molecule has 2 N–H and O–H groups in total. The van der Waals surface area contributed by atoms with Crippen LogP contribution in [0.25, 0.3) is 6.08 Å². The fourth-order valence-corrected chi connectivity index (χ4v) is 1.99. The lowest BCUT2D eigenvalue weighted by Gasteiger charge is -2.10. The average Bonchev–Trinajstić information content (AvgIpc) is 2.46. The maximum atomic E-state index is 9.91. The molecular weight excluding hydrogens is 288 g/mol. The molecule has 0 unspecified atom stereocenters. The van der Waals surface area contributed by atoms with Gasteiger partial charge in [-0.05, 0) is 42.0 Å². The van der Waals surface area contributed by atoms with Gasteiger partial charge in [-0.15, -0.1) is 0 Å². The summed E-state index contributed by atoms with van der Waals surface area (Å²) in [6.07, 6.45) is 2.98. The highest BCUT2D eigenvalue weighted by Gasteiger charge is 2.06.